The van der Waals surface area contributed by atoms with Gasteiger partial charge in [-0.1, -0.05) is 0 Å². The molecule has 1 aromatic rings. The van der Waals surface area contributed by atoms with Crippen LogP contribution in [-0.4, -0.2) is 23.3 Å². The summed E-state index contributed by atoms with van der Waals surface area (Å²) in [5.74, 6) is 0.729. The average Bonchev–Trinajstić information content (AvgIpc) is 2.35. The molecule has 0 amide bonds. The van der Waals surface area contributed by atoms with Gasteiger partial charge in [0, 0.05) is 0 Å². The molecule has 1 aromatic carbocycles. The zero-order valence-corrected chi connectivity index (χ0v) is 10.6. The molecule has 1 heterocycles. The van der Waals surface area contributed by atoms with Gasteiger partial charge in [0.05, 0.1) is 0 Å². The van der Waals surface area contributed by atoms with Gasteiger partial charge in [0.2, 0.25) is 0 Å². The van der Waals surface area contributed by atoms with Crippen molar-refractivity contribution >= 4 is 0 Å². The molecule has 3 N–H and O–H groups in total. The highest BCUT2D eigenvalue weighted by Crippen LogP contribution is 2.34. The summed E-state index contributed by atoms with van der Waals surface area (Å²) >= 11 is 0. The first-order valence-electron chi connectivity index (χ1n) is 6.31. The maximum atomic E-state index is 9.67. The fourth-order valence-electron chi connectivity index (χ4n) is 2.56. The minimum absolute atomic E-state index is 0.0111. The lowest BCUT2D eigenvalue weighted by molar-refractivity contribution is 0.369. The Morgan fingerprint density at radius 2 is 1.82 bits per heavy atom. The van der Waals surface area contributed by atoms with E-state index in [1.54, 1.807) is 6.07 Å². The Morgan fingerprint density at radius 1 is 1.18 bits per heavy atom. The van der Waals surface area contributed by atoms with Gasteiger partial charge in [0.1, 0.15) is 0 Å². The molecule has 0 atom stereocenters. The molecule has 3 heteroatoms. The molecule has 1 saturated heterocycles. The molecule has 0 saturated carbocycles. The van der Waals surface area contributed by atoms with Gasteiger partial charge in [-0.3, -0.25) is 0 Å². The molecule has 1 aliphatic heterocycles. The lowest BCUT2D eigenvalue weighted by atomic mass is 9.88. The van der Waals surface area contributed by atoms with Crippen molar-refractivity contribution in [2.24, 2.45) is 5.92 Å². The van der Waals surface area contributed by atoms with Crippen LogP contribution in [-0.2, 0) is 6.42 Å². The van der Waals surface area contributed by atoms with Crippen LogP contribution in [0.5, 0.6) is 11.5 Å². The molecule has 0 radical (unpaired) electrons. The summed E-state index contributed by atoms with van der Waals surface area (Å²) in [5.41, 5.74) is 3.08. The first kappa shape index (κ1) is 12.2. The van der Waals surface area contributed by atoms with Gasteiger partial charge in [-0.05, 0) is 74.9 Å². The Hall–Kier alpha value is -1.22. The zero-order chi connectivity index (χ0) is 12.4. The maximum absolute atomic E-state index is 9.67. The van der Waals surface area contributed by atoms with Crippen molar-refractivity contribution in [3.8, 4) is 11.5 Å². The molecule has 2 rings (SSSR count). The maximum Gasteiger partial charge on any atom is 0.160 e. The largest absolute Gasteiger partial charge is 0.504 e. The minimum Gasteiger partial charge on any atom is -0.504 e. The second-order valence-electron chi connectivity index (χ2n) is 5.05. The van der Waals surface area contributed by atoms with Crippen LogP contribution in [0.2, 0.25) is 0 Å². The summed E-state index contributed by atoms with van der Waals surface area (Å²) in [6, 6.07) is 1.72. The average molecular weight is 235 g/mol. The number of phenols is 2. The van der Waals surface area contributed by atoms with Gasteiger partial charge >= 0.3 is 0 Å². The third-order valence-electron chi connectivity index (χ3n) is 3.92. The van der Waals surface area contributed by atoms with Crippen molar-refractivity contribution in [3.05, 3.63) is 22.8 Å². The van der Waals surface area contributed by atoms with Crippen molar-refractivity contribution in [2.75, 3.05) is 13.1 Å². The fourth-order valence-corrected chi connectivity index (χ4v) is 2.56. The highest BCUT2D eigenvalue weighted by molar-refractivity contribution is 5.51. The van der Waals surface area contributed by atoms with E-state index in [1.807, 2.05) is 13.8 Å². The first-order valence-corrected chi connectivity index (χ1v) is 6.31. The topological polar surface area (TPSA) is 52.5 Å². The van der Waals surface area contributed by atoms with Crippen LogP contribution in [0.4, 0.5) is 0 Å². The monoisotopic (exact) mass is 235 g/mol. The number of phenolic OH excluding ortho intramolecular Hbond substituents is 2. The number of hydrogen-bond acceptors (Lipinski definition) is 3. The van der Waals surface area contributed by atoms with Crippen LogP contribution < -0.4 is 5.32 Å². The Kier molecular flexibility index (Phi) is 3.57. The number of nitrogens with one attached hydrogen (secondary N) is 1. The molecule has 17 heavy (non-hydrogen) atoms. The third-order valence-corrected chi connectivity index (χ3v) is 3.92. The van der Waals surface area contributed by atoms with Crippen molar-refractivity contribution < 1.29 is 10.2 Å². The van der Waals surface area contributed by atoms with Crippen LogP contribution in [0.1, 0.15) is 29.5 Å². The van der Waals surface area contributed by atoms with Gasteiger partial charge in [0.25, 0.3) is 0 Å². The van der Waals surface area contributed by atoms with Crippen molar-refractivity contribution in [3.63, 3.8) is 0 Å². The second-order valence-corrected chi connectivity index (χ2v) is 5.05. The summed E-state index contributed by atoms with van der Waals surface area (Å²) in [6.45, 7) is 6.06. The van der Waals surface area contributed by atoms with E-state index in [2.05, 4.69) is 5.32 Å². The lowest BCUT2D eigenvalue weighted by Gasteiger charge is -2.24. The number of aromatic hydroxyl groups is 2. The molecule has 94 valence electrons. The van der Waals surface area contributed by atoms with Crippen molar-refractivity contribution in [1.29, 1.82) is 0 Å². The number of piperidine rings is 1. The van der Waals surface area contributed by atoms with E-state index in [4.69, 9.17) is 0 Å². The van der Waals surface area contributed by atoms with Crippen LogP contribution >= 0.6 is 0 Å². The number of hydrogen-bond donors (Lipinski definition) is 3. The van der Waals surface area contributed by atoms with Crippen molar-refractivity contribution in [2.45, 2.75) is 33.1 Å². The van der Waals surface area contributed by atoms with Crippen LogP contribution in [0.25, 0.3) is 0 Å². The Labute approximate surface area is 102 Å². The summed E-state index contributed by atoms with van der Waals surface area (Å²) < 4.78 is 0. The molecule has 3 nitrogen and oxygen atoms in total. The third kappa shape index (κ3) is 2.55. The summed E-state index contributed by atoms with van der Waals surface area (Å²) in [6.07, 6.45) is 3.39. The van der Waals surface area contributed by atoms with Gasteiger partial charge in [0.15, 0.2) is 11.5 Å². The Bertz CT molecular complexity index is 409. The molecular weight excluding hydrogens is 214 g/mol. The minimum atomic E-state index is 0.0111. The molecule has 0 aromatic heterocycles. The molecular formula is C14H21NO2. The van der Waals surface area contributed by atoms with E-state index in [0.29, 0.717) is 5.92 Å². The van der Waals surface area contributed by atoms with E-state index in [1.165, 1.54) is 18.4 Å². The van der Waals surface area contributed by atoms with Crippen molar-refractivity contribution in [1.82, 2.24) is 5.32 Å². The van der Waals surface area contributed by atoms with Gasteiger partial charge in [-0.15, -0.1) is 0 Å². The molecule has 0 spiro atoms. The van der Waals surface area contributed by atoms with Gasteiger partial charge in [-0.25, -0.2) is 0 Å². The highest BCUT2D eigenvalue weighted by Gasteiger charge is 2.17. The van der Waals surface area contributed by atoms with E-state index in [0.717, 1.165) is 30.6 Å². The predicted octanol–water partition coefficient (Wildman–Crippen LogP) is 2.26. The molecule has 1 aliphatic rings. The molecule has 1 fully saturated rings. The molecule has 0 bridgehead atoms. The molecule has 0 unspecified atom stereocenters. The quantitative estimate of drug-likeness (QED) is 0.689. The summed E-state index contributed by atoms with van der Waals surface area (Å²) in [5, 5.41) is 22.7. The number of rotatable bonds is 2. The summed E-state index contributed by atoms with van der Waals surface area (Å²) in [7, 11) is 0. The normalized spacial score (nSPS) is 17.3. The lowest BCUT2D eigenvalue weighted by Crippen LogP contribution is -2.28. The van der Waals surface area contributed by atoms with Gasteiger partial charge < -0.3 is 15.5 Å². The van der Waals surface area contributed by atoms with Crippen LogP contribution in [0.15, 0.2) is 6.07 Å². The zero-order valence-electron chi connectivity index (χ0n) is 10.6. The van der Waals surface area contributed by atoms with Crippen LogP contribution in [0.3, 0.4) is 0 Å². The molecule has 0 aliphatic carbocycles. The Balaban J connectivity index is 2.20. The van der Waals surface area contributed by atoms with E-state index < -0.39 is 0 Å². The highest BCUT2D eigenvalue weighted by atomic mass is 16.3. The SMILES string of the molecule is Cc1c(CC2CCNCC2)cc(O)c(O)c1C. The van der Waals surface area contributed by atoms with Crippen LogP contribution in [0, 0.1) is 19.8 Å². The standard InChI is InChI=1S/C14H21NO2/c1-9-10(2)14(17)13(16)8-12(9)7-11-3-5-15-6-4-11/h8,11,15-17H,3-7H2,1-2H3. The Morgan fingerprint density at radius 3 is 2.47 bits per heavy atom. The smallest absolute Gasteiger partial charge is 0.160 e. The number of benzene rings is 1. The second kappa shape index (κ2) is 4.96. The van der Waals surface area contributed by atoms with E-state index in [-0.39, 0.29) is 11.5 Å². The van der Waals surface area contributed by atoms with Gasteiger partial charge in [-0.2, -0.15) is 0 Å². The van der Waals surface area contributed by atoms with E-state index >= 15 is 0 Å². The van der Waals surface area contributed by atoms with E-state index in [9.17, 15) is 10.2 Å². The first-order chi connectivity index (χ1) is 8.09. The predicted molar refractivity (Wildman–Crippen MR) is 68.5 cm³/mol. The fraction of sp³-hybridized carbons (Fsp3) is 0.571. The summed E-state index contributed by atoms with van der Waals surface area (Å²) in [4.78, 5) is 0.